The van der Waals surface area contributed by atoms with Crippen LogP contribution in [0.1, 0.15) is 21.5 Å². The number of rotatable bonds is 8. The minimum absolute atomic E-state index is 0.130. The van der Waals surface area contributed by atoms with Gasteiger partial charge >= 0.3 is 5.97 Å². The summed E-state index contributed by atoms with van der Waals surface area (Å²) in [6.45, 7) is 0.499. The summed E-state index contributed by atoms with van der Waals surface area (Å²) in [6.07, 6.45) is 3.21. The van der Waals surface area contributed by atoms with Crippen molar-refractivity contribution in [2.45, 2.75) is 13.2 Å². The number of ether oxygens (including phenoxy) is 2. The van der Waals surface area contributed by atoms with Gasteiger partial charge in [0.05, 0.1) is 36.2 Å². The second kappa shape index (κ2) is 10.2. The Morgan fingerprint density at radius 3 is 2.55 bits per heavy atom. The monoisotopic (exact) mass is 442 g/mol. The molecule has 0 saturated carbocycles. The van der Waals surface area contributed by atoms with E-state index in [1.54, 1.807) is 29.2 Å². The number of imidazole rings is 1. The topological polar surface area (TPSA) is 94.8 Å². The first-order chi connectivity index (χ1) is 16.1. The third kappa shape index (κ3) is 5.62. The van der Waals surface area contributed by atoms with Gasteiger partial charge in [0.2, 0.25) is 0 Å². The highest BCUT2D eigenvalue weighted by Crippen LogP contribution is 2.15. The fourth-order valence-corrected chi connectivity index (χ4v) is 3.18. The fourth-order valence-electron chi connectivity index (χ4n) is 3.18. The lowest BCUT2D eigenvalue weighted by atomic mass is 10.1. The lowest BCUT2D eigenvalue weighted by Gasteiger charge is -2.07. The molecule has 1 N–H and O–H groups in total. The molecule has 4 rings (SSSR count). The van der Waals surface area contributed by atoms with Crippen LogP contribution < -0.4 is 10.2 Å². The summed E-state index contributed by atoms with van der Waals surface area (Å²) in [6, 6.07) is 22.0. The Morgan fingerprint density at radius 1 is 1.03 bits per heavy atom. The van der Waals surface area contributed by atoms with E-state index in [1.807, 2.05) is 60.7 Å². The first-order valence-electron chi connectivity index (χ1n) is 10.2. The number of para-hydroxylation sites is 2. The van der Waals surface area contributed by atoms with Crippen LogP contribution >= 0.6 is 0 Å². The van der Waals surface area contributed by atoms with Gasteiger partial charge in [-0.3, -0.25) is 4.79 Å². The summed E-state index contributed by atoms with van der Waals surface area (Å²) in [5, 5.41) is 4.02. The van der Waals surface area contributed by atoms with E-state index in [-0.39, 0.29) is 18.4 Å². The Hall–Kier alpha value is -4.46. The third-order valence-corrected chi connectivity index (χ3v) is 4.90. The van der Waals surface area contributed by atoms with Crippen molar-refractivity contribution in [2.75, 3.05) is 7.11 Å². The molecule has 1 aromatic heterocycles. The van der Waals surface area contributed by atoms with Crippen molar-refractivity contribution in [3.05, 3.63) is 95.8 Å². The first kappa shape index (κ1) is 21.8. The number of aromatic nitrogens is 2. The predicted octanol–water partition coefficient (Wildman–Crippen LogP) is 3.55. The smallest absolute Gasteiger partial charge is 0.337 e. The number of amides is 1. The van der Waals surface area contributed by atoms with Gasteiger partial charge in [0, 0.05) is 0 Å². The van der Waals surface area contributed by atoms with Crippen LogP contribution in [0.5, 0.6) is 5.75 Å². The van der Waals surface area contributed by atoms with Gasteiger partial charge in [-0.05, 0) is 59.7 Å². The molecule has 0 aliphatic rings. The molecule has 0 unspecified atom stereocenters. The number of methoxy groups -OCH3 is 1. The summed E-state index contributed by atoms with van der Waals surface area (Å²) in [7, 11) is 1.35. The first-order valence-corrected chi connectivity index (χ1v) is 10.2. The molecule has 0 radical (unpaired) electrons. The van der Waals surface area contributed by atoms with Gasteiger partial charge in [-0.2, -0.15) is 5.10 Å². The van der Waals surface area contributed by atoms with Gasteiger partial charge in [0.25, 0.3) is 5.91 Å². The third-order valence-electron chi connectivity index (χ3n) is 4.90. The standard InChI is InChI=1S/C25H22N4O4/c1-32-25(31)20-10-6-19(7-11-20)16-33-21-12-8-18(9-13-21)14-27-28-24(30)15-29-17-26-22-4-2-3-5-23(22)29/h2-14,17H,15-16H2,1H3,(H,28,30)/b27-14+. The Bertz CT molecular complexity index is 1280. The molecule has 0 saturated heterocycles. The van der Waals surface area contributed by atoms with Crippen molar-refractivity contribution in [2.24, 2.45) is 5.10 Å². The van der Waals surface area contributed by atoms with Crippen LogP contribution in [0.2, 0.25) is 0 Å². The minimum atomic E-state index is -0.369. The summed E-state index contributed by atoms with van der Waals surface area (Å²) >= 11 is 0. The summed E-state index contributed by atoms with van der Waals surface area (Å²) in [5.41, 5.74) is 6.51. The molecule has 33 heavy (non-hydrogen) atoms. The minimum Gasteiger partial charge on any atom is -0.489 e. The van der Waals surface area contributed by atoms with E-state index in [2.05, 4.69) is 20.2 Å². The molecule has 0 aliphatic heterocycles. The number of nitrogens with zero attached hydrogens (tertiary/aromatic N) is 3. The van der Waals surface area contributed by atoms with Crippen molar-refractivity contribution >= 4 is 29.1 Å². The van der Waals surface area contributed by atoms with E-state index in [0.717, 1.165) is 22.2 Å². The van der Waals surface area contributed by atoms with Gasteiger partial charge in [0.1, 0.15) is 18.9 Å². The second-order valence-electron chi connectivity index (χ2n) is 7.20. The fraction of sp³-hybridized carbons (Fsp3) is 0.120. The number of esters is 1. The zero-order valence-corrected chi connectivity index (χ0v) is 18.0. The number of carbonyl (C=O) groups excluding carboxylic acids is 2. The molecular formula is C25H22N4O4. The Labute approximate surface area is 190 Å². The van der Waals surface area contributed by atoms with Gasteiger partial charge in [-0.15, -0.1) is 0 Å². The molecule has 1 amide bonds. The van der Waals surface area contributed by atoms with Crippen molar-refractivity contribution < 1.29 is 19.1 Å². The van der Waals surface area contributed by atoms with E-state index >= 15 is 0 Å². The van der Waals surface area contributed by atoms with Crippen molar-refractivity contribution in [3.8, 4) is 5.75 Å². The van der Waals surface area contributed by atoms with Crippen LogP contribution in [-0.4, -0.2) is 34.8 Å². The summed E-state index contributed by atoms with van der Waals surface area (Å²) in [5.74, 6) is 0.0823. The van der Waals surface area contributed by atoms with E-state index in [9.17, 15) is 9.59 Å². The van der Waals surface area contributed by atoms with Crippen molar-refractivity contribution in [1.82, 2.24) is 15.0 Å². The molecule has 0 fully saturated rings. The van der Waals surface area contributed by atoms with Crippen LogP contribution in [0, 0.1) is 0 Å². The van der Waals surface area contributed by atoms with Crippen molar-refractivity contribution in [3.63, 3.8) is 0 Å². The molecule has 0 aliphatic carbocycles. The average molecular weight is 442 g/mol. The van der Waals surface area contributed by atoms with E-state index in [4.69, 9.17) is 4.74 Å². The molecule has 0 spiro atoms. The zero-order chi connectivity index (χ0) is 23.0. The zero-order valence-electron chi connectivity index (χ0n) is 18.0. The summed E-state index contributed by atoms with van der Waals surface area (Å²) in [4.78, 5) is 27.9. The maximum atomic E-state index is 12.2. The number of benzene rings is 3. The van der Waals surface area contributed by atoms with Crippen LogP contribution in [0.25, 0.3) is 11.0 Å². The number of carbonyl (C=O) groups is 2. The molecular weight excluding hydrogens is 420 g/mol. The quantitative estimate of drug-likeness (QED) is 0.256. The van der Waals surface area contributed by atoms with Gasteiger partial charge in [0.15, 0.2) is 0 Å². The number of fused-ring (bicyclic) bond motifs is 1. The van der Waals surface area contributed by atoms with Gasteiger partial charge in [-0.1, -0.05) is 24.3 Å². The maximum absolute atomic E-state index is 12.2. The number of hydrogen-bond acceptors (Lipinski definition) is 6. The van der Waals surface area contributed by atoms with Crippen LogP contribution in [-0.2, 0) is 22.7 Å². The number of hydrazone groups is 1. The largest absolute Gasteiger partial charge is 0.489 e. The summed E-state index contributed by atoms with van der Waals surface area (Å²) < 4.78 is 12.2. The Balaban J connectivity index is 1.25. The van der Waals surface area contributed by atoms with Crippen LogP contribution in [0.3, 0.4) is 0 Å². The highest BCUT2D eigenvalue weighted by Gasteiger charge is 2.06. The highest BCUT2D eigenvalue weighted by molar-refractivity contribution is 5.89. The number of nitrogens with one attached hydrogen (secondary N) is 1. The molecule has 3 aromatic carbocycles. The molecule has 1 heterocycles. The van der Waals surface area contributed by atoms with Gasteiger partial charge in [-0.25, -0.2) is 15.2 Å². The van der Waals surface area contributed by atoms with Crippen LogP contribution in [0.15, 0.2) is 84.2 Å². The SMILES string of the molecule is COC(=O)c1ccc(COc2ccc(/C=N/NC(=O)Cn3cnc4ccccc43)cc2)cc1. The van der Waals surface area contributed by atoms with Crippen LogP contribution in [0.4, 0.5) is 0 Å². The Morgan fingerprint density at radius 2 is 1.79 bits per heavy atom. The molecule has 0 atom stereocenters. The molecule has 166 valence electrons. The second-order valence-corrected chi connectivity index (χ2v) is 7.20. The van der Waals surface area contributed by atoms with Gasteiger partial charge < -0.3 is 14.0 Å². The molecule has 8 heteroatoms. The molecule has 8 nitrogen and oxygen atoms in total. The average Bonchev–Trinajstić information content (AvgIpc) is 3.26. The molecule has 0 bridgehead atoms. The molecule has 4 aromatic rings. The lowest BCUT2D eigenvalue weighted by Crippen LogP contribution is -2.22. The number of hydrogen-bond donors (Lipinski definition) is 1. The van der Waals surface area contributed by atoms with E-state index < -0.39 is 0 Å². The lowest BCUT2D eigenvalue weighted by molar-refractivity contribution is -0.121. The highest BCUT2D eigenvalue weighted by atomic mass is 16.5. The van der Waals surface area contributed by atoms with Crippen molar-refractivity contribution in [1.29, 1.82) is 0 Å². The maximum Gasteiger partial charge on any atom is 0.337 e. The van der Waals surface area contributed by atoms with E-state index in [0.29, 0.717) is 17.9 Å². The normalized spacial score (nSPS) is 10.9. The van der Waals surface area contributed by atoms with E-state index in [1.165, 1.54) is 7.11 Å². The predicted molar refractivity (Wildman–Crippen MR) is 124 cm³/mol. The Kier molecular flexibility index (Phi) is 6.75.